The van der Waals surface area contributed by atoms with Gasteiger partial charge in [-0.1, -0.05) is 24.3 Å². The lowest BCUT2D eigenvalue weighted by Gasteiger charge is -2.00. The molecule has 1 aliphatic heterocycles. The van der Waals surface area contributed by atoms with Crippen LogP contribution in [-0.2, 0) is 4.79 Å². The Bertz CT molecular complexity index is 773. The molecule has 0 unspecified atom stereocenters. The maximum Gasteiger partial charge on any atom is 0.177 e. The molecule has 0 amide bonds. The van der Waals surface area contributed by atoms with Gasteiger partial charge in [-0.05, 0) is 41.5 Å². The smallest absolute Gasteiger partial charge is 0.177 e. The molecule has 0 saturated heterocycles. The van der Waals surface area contributed by atoms with E-state index in [4.69, 9.17) is 4.74 Å². The highest BCUT2D eigenvalue weighted by atomic mass is 16.6. The molecule has 3 rings (SSSR count). The minimum absolute atomic E-state index is 0.155. The number of carbonyl (C=O) groups excluding carboxylic acids is 1. The van der Waals surface area contributed by atoms with Crippen molar-refractivity contribution in [1.29, 1.82) is 0 Å². The predicted molar refractivity (Wildman–Crippen MR) is 80.3 cm³/mol. The van der Waals surface area contributed by atoms with Gasteiger partial charge in [-0.25, -0.2) is 0 Å². The van der Waals surface area contributed by atoms with Crippen molar-refractivity contribution in [3.05, 3.63) is 53.1 Å². The summed E-state index contributed by atoms with van der Waals surface area (Å²) in [6.45, 7) is 0. The van der Waals surface area contributed by atoms with Gasteiger partial charge >= 0.3 is 0 Å². The molecule has 4 nitrogen and oxygen atoms in total. The number of phenols is 2. The van der Waals surface area contributed by atoms with Crippen LogP contribution in [0.1, 0.15) is 16.7 Å². The topological polar surface area (TPSA) is 70.1 Å². The van der Waals surface area contributed by atoms with Crippen molar-refractivity contribution in [2.75, 3.05) is 0 Å². The lowest BCUT2D eigenvalue weighted by molar-refractivity contribution is -0.104. The second kappa shape index (κ2) is 5.17. The highest BCUT2D eigenvalue weighted by Crippen LogP contribution is 2.50. The maximum atomic E-state index is 10.4. The highest BCUT2D eigenvalue weighted by molar-refractivity contribution is 5.85. The summed E-state index contributed by atoms with van der Waals surface area (Å²) in [6, 6.07) is 8.31. The molecule has 0 atom stereocenters. The number of fused-ring (bicyclic) bond motifs is 1. The first kappa shape index (κ1) is 13.0. The van der Waals surface area contributed by atoms with Gasteiger partial charge in [0.2, 0.25) is 0 Å². The van der Waals surface area contributed by atoms with Gasteiger partial charge in [-0.2, -0.15) is 0 Å². The molecule has 104 valence electrons. The number of ether oxygens (including phenoxy) is 1. The van der Waals surface area contributed by atoms with Crippen molar-refractivity contribution >= 4 is 24.5 Å². The first-order valence-corrected chi connectivity index (χ1v) is 6.36. The first-order chi connectivity index (χ1) is 10.2. The Morgan fingerprint density at radius 2 is 1.81 bits per heavy atom. The number of hydrogen-bond donors (Lipinski definition) is 2. The zero-order chi connectivity index (χ0) is 14.8. The van der Waals surface area contributed by atoms with Crippen LogP contribution in [0.25, 0.3) is 18.2 Å². The Hall–Kier alpha value is -3.01. The predicted octanol–water partition coefficient (Wildman–Crippen LogP) is 3.59. The largest absolute Gasteiger partial charge is 0.504 e. The Morgan fingerprint density at radius 1 is 0.952 bits per heavy atom. The van der Waals surface area contributed by atoms with Crippen LogP contribution < -0.4 is 4.74 Å². The number of hydrogen-bond acceptors (Lipinski definition) is 4. The number of aldehydes is 1. The van der Waals surface area contributed by atoms with E-state index in [1.54, 1.807) is 18.2 Å². The Labute approximate surface area is 121 Å². The zero-order valence-electron chi connectivity index (χ0n) is 11.0. The third-order valence-corrected chi connectivity index (χ3v) is 3.16. The molecule has 0 bridgehead atoms. The molecular weight excluding hydrogens is 268 g/mol. The van der Waals surface area contributed by atoms with Gasteiger partial charge in [-0.3, -0.25) is 4.79 Å². The van der Waals surface area contributed by atoms with E-state index in [0.717, 1.165) is 34.5 Å². The number of allylic oxidation sites excluding steroid dienone is 1. The summed E-state index contributed by atoms with van der Waals surface area (Å²) >= 11 is 0. The Kier molecular flexibility index (Phi) is 3.20. The van der Waals surface area contributed by atoms with Crippen LogP contribution in [0.3, 0.4) is 0 Å². The third-order valence-electron chi connectivity index (χ3n) is 3.16. The molecule has 21 heavy (non-hydrogen) atoms. The molecule has 1 aliphatic rings. The van der Waals surface area contributed by atoms with Crippen LogP contribution in [0.4, 0.5) is 0 Å². The summed E-state index contributed by atoms with van der Waals surface area (Å²) in [4.78, 5) is 10.4. The van der Waals surface area contributed by atoms with E-state index in [1.807, 2.05) is 18.2 Å². The summed E-state index contributed by atoms with van der Waals surface area (Å²) in [7, 11) is 0. The molecule has 0 fully saturated rings. The van der Waals surface area contributed by atoms with Gasteiger partial charge in [0.25, 0.3) is 0 Å². The number of aromatic hydroxyl groups is 2. The van der Waals surface area contributed by atoms with Crippen LogP contribution >= 0.6 is 0 Å². The second-order valence-electron chi connectivity index (χ2n) is 4.57. The number of phenolic OH excluding ortho intramolecular Hbond substituents is 2. The molecule has 2 N–H and O–H groups in total. The monoisotopic (exact) mass is 280 g/mol. The van der Waals surface area contributed by atoms with Gasteiger partial charge in [0.1, 0.15) is 6.29 Å². The molecule has 4 heteroatoms. The van der Waals surface area contributed by atoms with Gasteiger partial charge in [0.05, 0.1) is 0 Å². The summed E-state index contributed by atoms with van der Waals surface area (Å²) < 4.78 is 5.36. The summed E-state index contributed by atoms with van der Waals surface area (Å²) in [5, 5.41) is 18.8. The maximum absolute atomic E-state index is 10.4. The average Bonchev–Trinajstić information content (AvgIpc) is 3.26. The van der Waals surface area contributed by atoms with Crippen LogP contribution in [-0.4, -0.2) is 16.5 Å². The molecular formula is C17H12O4. The fourth-order valence-corrected chi connectivity index (χ4v) is 2.05. The van der Waals surface area contributed by atoms with Crippen LogP contribution in [0, 0.1) is 0 Å². The lowest BCUT2D eigenvalue weighted by atomic mass is 10.1. The SMILES string of the molecule is O=C/C=C/c1ccc2c(c1/C=C/c1ccc(O)c(O)c1)O2. The van der Waals surface area contributed by atoms with Crippen molar-refractivity contribution in [1.82, 2.24) is 0 Å². The summed E-state index contributed by atoms with van der Waals surface area (Å²) in [6.07, 6.45) is 7.51. The molecule has 2 aromatic carbocycles. The van der Waals surface area contributed by atoms with Gasteiger partial charge in [0.15, 0.2) is 23.0 Å². The Balaban J connectivity index is 1.94. The normalized spacial score (nSPS) is 12.4. The van der Waals surface area contributed by atoms with Crippen molar-refractivity contribution in [2.24, 2.45) is 0 Å². The van der Waals surface area contributed by atoms with Crippen molar-refractivity contribution in [3.8, 4) is 23.0 Å². The number of benzene rings is 2. The van der Waals surface area contributed by atoms with E-state index >= 15 is 0 Å². The lowest BCUT2D eigenvalue weighted by Crippen LogP contribution is -1.78. The van der Waals surface area contributed by atoms with Crippen LogP contribution in [0.5, 0.6) is 23.0 Å². The summed E-state index contributed by atoms with van der Waals surface area (Å²) in [5.74, 6) is 1.30. The Morgan fingerprint density at radius 3 is 2.57 bits per heavy atom. The highest BCUT2D eigenvalue weighted by Gasteiger charge is 2.24. The third kappa shape index (κ3) is 2.65. The van der Waals surface area contributed by atoms with Crippen molar-refractivity contribution in [3.63, 3.8) is 0 Å². The zero-order valence-corrected chi connectivity index (χ0v) is 11.0. The van der Waals surface area contributed by atoms with Crippen LogP contribution in [0.15, 0.2) is 36.4 Å². The fourth-order valence-electron chi connectivity index (χ4n) is 2.05. The van der Waals surface area contributed by atoms with E-state index in [1.165, 1.54) is 18.2 Å². The molecule has 0 saturated carbocycles. The van der Waals surface area contributed by atoms with Crippen LogP contribution in [0.2, 0.25) is 0 Å². The molecule has 1 heterocycles. The van der Waals surface area contributed by atoms with E-state index in [-0.39, 0.29) is 11.5 Å². The molecule has 0 aromatic heterocycles. The average molecular weight is 280 g/mol. The second-order valence-corrected chi connectivity index (χ2v) is 4.57. The summed E-state index contributed by atoms with van der Waals surface area (Å²) in [5.41, 5.74) is 2.49. The van der Waals surface area contributed by atoms with E-state index in [9.17, 15) is 15.0 Å². The van der Waals surface area contributed by atoms with E-state index < -0.39 is 0 Å². The minimum atomic E-state index is -0.168. The van der Waals surface area contributed by atoms with Gasteiger partial charge < -0.3 is 14.9 Å². The van der Waals surface area contributed by atoms with Crippen molar-refractivity contribution < 1.29 is 19.7 Å². The molecule has 0 spiro atoms. The van der Waals surface area contributed by atoms with E-state index in [0.29, 0.717) is 0 Å². The van der Waals surface area contributed by atoms with Gasteiger partial charge in [-0.15, -0.1) is 0 Å². The standard InChI is InChI=1S/C17H12O4/c18-9-1-2-12-5-8-16-17(21-16)13(12)6-3-11-4-7-14(19)15(20)10-11/h1-10,19-20H/b2-1+,6-3+. The number of rotatable bonds is 4. The molecule has 2 aromatic rings. The molecule has 0 radical (unpaired) electrons. The van der Waals surface area contributed by atoms with Gasteiger partial charge in [0, 0.05) is 5.56 Å². The minimum Gasteiger partial charge on any atom is -0.504 e. The van der Waals surface area contributed by atoms with Crippen molar-refractivity contribution in [2.45, 2.75) is 0 Å². The fraction of sp³-hybridized carbons (Fsp3) is 0. The van der Waals surface area contributed by atoms with E-state index in [2.05, 4.69) is 0 Å². The first-order valence-electron chi connectivity index (χ1n) is 6.36. The number of carbonyl (C=O) groups is 1. The molecule has 0 aliphatic carbocycles. The quantitative estimate of drug-likeness (QED) is 0.252.